The van der Waals surface area contributed by atoms with E-state index >= 15 is 0 Å². The van der Waals surface area contributed by atoms with E-state index in [9.17, 15) is 0 Å². The fourth-order valence-electron chi connectivity index (χ4n) is 6.61. The van der Waals surface area contributed by atoms with Crippen molar-refractivity contribution < 1.29 is 0 Å². The van der Waals surface area contributed by atoms with Gasteiger partial charge in [-0.2, -0.15) is 0 Å². The minimum absolute atomic E-state index is 0.948. The molecule has 4 nitrogen and oxygen atoms in total. The van der Waals surface area contributed by atoms with Crippen LogP contribution in [0.15, 0.2) is 158 Å². The number of hydrogen-bond donors (Lipinski definition) is 0. The molecule has 4 aromatic heterocycles. The highest BCUT2D eigenvalue weighted by Gasteiger charge is 2.11. The predicted octanol–water partition coefficient (Wildman–Crippen LogP) is 10.5. The van der Waals surface area contributed by atoms with Gasteiger partial charge in [0.05, 0.1) is 22.4 Å². The van der Waals surface area contributed by atoms with Crippen LogP contribution >= 0.6 is 0 Å². The molecule has 9 aromatic rings. The van der Waals surface area contributed by atoms with E-state index in [2.05, 4.69) is 131 Å². The van der Waals surface area contributed by atoms with Gasteiger partial charge in [-0.25, -0.2) is 0 Å². The molecular formula is C42H26N4. The molecule has 0 radical (unpaired) electrons. The van der Waals surface area contributed by atoms with Gasteiger partial charge in [0.1, 0.15) is 0 Å². The zero-order chi connectivity index (χ0) is 30.5. The average molecular weight is 587 g/mol. The van der Waals surface area contributed by atoms with Crippen molar-refractivity contribution in [2.24, 2.45) is 0 Å². The molecule has 0 saturated carbocycles. The molecule has 0 aliphatic heterocycles. The largest absolute Gasteiger partial charge is 0.256 e. The first-order valence-corrected chi connectivity index (χ1v) is 15.4. The van der Waals surface area contributed by atoms with E-state index in [1.807, 2.05) is 36.9 Å². The van der Waals surface area contributed by atoms with Crippen molar-refractivity contribution >= 4 is 43.4 Å². The van der Waals surface area contributed by atoms with Crippen LogP contribution in [0.1, 0.15) is 0 Å². The lowest BCUT2D eigenvalue weighted by atomic mass is 9.95. The van der Waals surface area contributed by atoms with E-state index in [4.69, 9.17) is 9.97 Å². The van der Waals surface area contributed by atoms with Gasteiger partial charge in [-0.05, 0) is 104 Å². The number of aromatic nitrogens is 4. The lowest BCUT2D eigenvalue weighted by Crippen LogP contribution is -1.89. The molecule has 0 aliphatic carbocycles. The van der Waals surface area contributed by atoms with Gasteiger partial charge in [-0.15, -0.1) is 0 Å². The molecule has 5 aromatic carbocycles. The average Bonchev–Trinajstić information content (AvgIpc) is 3.14. The maximum absolute atomic E-state index is 4.75. The van der Waals surface area contributed by atoms with Gasteiger partial charge in [0.15, 0.2) is 0 Å². The highest BCUT2D eigenvalue weighted by atomic mass is 14.7. The fraction of sp³-hybridized carbons (Fsp3) is 0. The summed E-state index contributed by atoms with van der Waals surface area (Å²) in [6.45, 7) is 0. The molecule has 0 fully saturated rings. The Bertz CT molecular complexity index is 2410. The van der Waals surface area contributed by atoms with E-state index < -0.39 is 0 Å². The Morgan fingerprint density at radius 1 is 0.304 bits per heavy atom. The molecule has 0 aliphatic rings. The fourth-order valence-corrected chi connectivity index (χ4v) is 6.61. The summed E-state index contributed by atoms with van der Waals surface area (Å²) in [6.07, 6.45) is 7.46. The Morgan fingerprint density at radius 3 is 1.30 bits per heavy atom. The van der Waals surface area contributed by atoms with Gasteiger partial charge >= 0.3 is 0 Å². The van der Waals surface area contributed by atoms with E-state index in [0.29, 0.717) is 0 Å². The van der Waals surface area contributed by atoms with Crippen molar-refractivity contribution in [1.29, 1.82) is 0 Å². The van der Waals surface area contributed by atoms with Crippen molar-refractivity contribution in [3.8, 4) is 44.8 Å². The summed E-state index contributed by atoms with van der Waals surface area (Å²) in [4.78, 5) is 18.6. The summed E-state index contributed by atoms with van der Waals surface area (Å²) >= 11 is 0. The second-order valence-electron chi connectivity index (χ2n) is 11.5. The number of rotatable bonds is 4. The quantitative estimate of drug-likeness (QED) is 0.193. The summed E-state index contributed by atoms with van der Waals surface area (Å²) in [5, 5.41) is 7.08. The third-order valence-corrected chi connectivity index (χ3v) is 8.86. The maximum atomic E-state index is 4.75. The minimum Gasteiger partial charge on any atom is -0.256 e. The van der Waals surface area contributed by atoms with E-state index in [-0.39, 0.29) is 0 Å². The van der Waals surface area contributed by atoms with Crippen LogP contribution in [0.2, 0.25) is 0 Å². The number of hydrogen-bond acceptors (Lipinski definition) is 4. The van der Waals surface area contributed by atoms with E-state index in [1.54, 1.807) is 0 Å². The highest BCUT2D eigenvalue weighted by Crippen LogP contribution is 2.35. The maximum Gasteiger partial charge on any atom is 0.0708 e. The lowest BCUT2D eigenvalue weighted by molar-refractivity contribution is 1.33. The Balaban J connectivity index is 1.07. The van der Waals surface area contributed by atoms with Crippen LogP contribution in [0.4, 0.5) is 0 Å². The molecule has 0 saturated heterocycles. The summed E-state index contributed by atoms with van der Waals surface area (Å²) in [6, 6.07) is 46.9. The molecule has 4 heterocycles. The zero-order valence-electron chi connectivity index (χ0n) is 24.8. The smallest absolute Gasteiger partial charge is 0.0708 e. The van der Waals surface area contributed by atoms with Gasteiger partial charge in [0.2, 0.25) is 0 Å². The van der Waals surface area contributed by atoms with Gasteiger partial charge in [0, 0.05) is 46.7 Å². The van der Waals surface area contributed by atoms with Crippen LogP contribution in [0.5, 0.6) is 0 Å². The molecule has 4 heteroatoms. The van der Waals surface area contributed by atoms with Crippen molar-refractivity contribution in [1.82, 2.24) is 19.9 Å². The minimum atomic E-state index is 0.948. The molecule has 0 unspecified atom stereocenters. The Kier molecular flexibility index (Phi) is 6.10. The lowest BCUT2D eigenvalue weighted by Gasteiger charge is -2.11. The molecule has 0 amide bonds. The molecule has 0 N–H and O–H groups in total. The topological polar surface area (TPSA) is 51.6 Å². The van der Waals surface area contributed by atoms with Crippen LogP contribution < -0.4 is 0 Å². The number of nitrogens with zero attached hydrogens (tertiary/aromatic N) is 4. The van der Waals surface area contributed by atoms with Crippen LogP contribution in [0, 0.1) is 0 Å². The zero-order valence-corrected chi connectivity index (χ0v) is 24.8. The van der Waals surface area contributed by atoms with Crippen molar-refractivity contribution in [3.63, 3.8) is 0 Å². The first kappa shape index (κ1) is 26.2. The molecule has 0 spiro atoms. The van der Waals surface area contributed by atoms with E-state index in [0.717, 1.165) is 66.6 Å². The SMILES string of the molecule is c1cc(-c2ccnc(-c3ccc4c(ccc5cc(-c6cc(-c7cccc8ncccc78)ccn6)ccc54)c3)c2)c2cccnc2c1. The third kappa shape index (κ3) is 4.47. The second kappa shape index (κ2) is 10.7. The Labute approximate surface area is 265 Å². The molecule has 0 bridgehead atoms. The monoisotopic (exact) mass is 586 g/mol. The molecule has 46 heavy (non-hydrogen) atoms. The Hall–Kier alpha value is -6.26. The molecule has 214 valence electrons. The number of fused-ring (bicyclic) bond motifs is 5. The number of pyridine rings is 4. The van der Waals surface area contributed by atoms with E-state index in [1.165, 1.54) is 21.5 Å². The van der Waals surface area contributed by atoms with Gasteiger partial charge in [-0.1, -0.05) is 72.8 Å². The van der Waals surface area contributed by atoms with Crippen LogP contribution in [-0.2, 0) is 0 Å². The van der Waals surface area contributed by atoms with Crippen molar-refractivity contribution in [2.75, 3.05) is 0 Å². The first-order chi connectivity index (χ1) is 22.8. The van der Waals surface area contributed by atoms with Crippen LogP contribution in [0.25, 0.3) is 88.1 Å². The summed E-state index contributed by atoms with van der Waals surface area (Å²) in [5.74, 6) is 0. The van der Waals surface area contributed by atoms with Crippen molar-refractivity contribution in [2.45, 2.75) is 0 Å². The van der Waals surface area contributed by atoms with Gasteiger partial charge < -0.3 is 0 Å². The Morgan fingerprint density at radius 2 is 0.804 bits per heavy atom. The second-order valence-corrected chi connectivity index (χ2v) is 11.5. The predicted molar refractivity (Wildman–Crippen MR) is 189 cm³/mol. The first-order valence-electron chi connectivity index (χ1n) is 15.4. The molecule has 0 atom stereocenters. The van der Waals surface area contributed by atoms with Crippen LogP contribution in [0.3, 0.4) is 0 Å². The van der Waals surface area contributed by atoms with Crippen LogP contribution in [-0.4, -0.2) is 19.9 Å². The normalized spacial score (nSPS) is 11.5. The summed E-state index contributed by atoms with van der Waals surface area (Å²) in [5.41, 5.74) is 10.6. The third-order valence-electron chi connectivity index (χ3n) is 8.86. The summed E-state index contributed by atoms with van der Waals surface area (Å²) < 4.78 is 0. The van der Waals surface area contributed by atoms with Gasteiger partial charge in [0.25, 0.3) is 0 Å². The highest BCUT2D eigenvalue weighted by molar-refractivity contribution is 6.09. The molecular weight excluding hydrogens is 560 g/mol. The van der Waals surface area contributed by atoms with Crippen molar-refractivity contribution in [3.05, 3.63) is 158 Å². The standard InChI is InChI=1S/C42H26N4/c1-5-33(37-7-3-19-43-39(37)9-1)29-17-21-45-41(25-29)31-13-15-35-27(23-31)11-12-28-24-32(14-16-36(28)35)42-26-30(18-22-46-42)34-6-2-10-40-38(34)8-4-20-44-40/h1-26H. The number of benzene rings is 5. The molecule has 9 rings (SSSR count). The summed E-state index contributed by atoms with van der Waals surface area (Å²) in [7, 11) is 0. The van der Waals surface area contributed by atoms with Gasteiger partial charge in [-0.3, -0.25) is 19.9 Å².